The Hall–Kier alpha value is -0.960. The highest BCUT2D eigenvalue weighted by atomic mass is 32.1. The fourth-order valence-corrected chi connectivity index (χ4v) is 1.58. The summed E-state index contributed by atoms with van der Waals surface area (Å²) in [6.07, 6.45) is 0. The first kappa shape index (κ1) is 6.73. The average molecular weight is 164 g/mol. The van der Waals surface area contributed by atoms with E-state index in [0.29, 0.717) is 5.84 Å². The number of thiol groups is 1. The van der Waals surface area contributed by atoms with Crippen LogP contribution in [0.5, 0.6) is 0 Å². The van der Waals surface area contributed by atoms with Crippen molar-refractivity contribution in [2.45, 2.75) is 5.37 Å². The maximum Gasteiger partial charge on any atom is 0.127 e. The van der Waals surface area contributed by atoms with Gasteiger partial charge < -0.3 is 5.73 Å². The van der Waals surface area contributed by atoms with Crippen LogP contribution in [0.25, 0.3) is 0 Å². The van der Waals surface area contributed by atoms with Gasteiger partial charge in [0.25, 0.3) is 0 Å². The Bertz CT molecular complexity index is 320. The van der Waals surface area contributed by atoms with Crippen molar-refractivity contribution in [3.63, 3.8) is 0 Å². The number of nitrogens with zero attached hydrogens (tertiary/aromatic N) is 1. The molecule has 1 unspecified atom stereocenters. The Kier molecular flexibility index (Phi) is 1.39. The van der Waals surface area contributed by atoms with Gasteiger partial charge in [-0.3, -0.25) is 0 Å². The molecule has 0 saturated carbocycles. The van der Waals surface area contributed by atoms with Crippen LogP contribution >= 0.6 is 12.6 Å². The Morgan fingerprint density at radius 2 is 2.09 bits per heavy atom. The summed E-state index contributed by atoms with van der Waals surface area (Å²) in [6, 6.07) is 7.88. The van der Waals surface area contributed by atoms with Crippen LogP contribution < -0.4 is 5.73 Å². The summed E-state index contributed by atoms with van der Waals surface area (Å²) in [5.41, 5.74) is 7.76. The Morgan fingerprint density at radius 3 is 2.82 bits per heavy atom. The molecule has 0 radical (unpaired) electrons. The molecule has 0 bridgehead atoms. The van der Waals surface area contributed by atoms with E-state index in [1.807, 2.05) is 24.3 Å². The minimum Gasteiger partial charge on any atom is -0.383 e. The number of rotatable bonds is 0. The summed E-state index contributed by atoms with van der Waals surface area (Å²) >= 11 is 4.26. The quantitative estimate of drug-likeness (QED) is 0.558. The molecule has 2 nitrogen and oxygen atoms in total. The second kappa shape index (κ2) is 2.27. The number of nitrogens with two attached hydrogens (primary N) is 1. The van der Waals surface area contributed by atoms with Gasteiger partial charge in [0.1, 0.15) is 11.2 Å². The highest BCUT2D eigenvalue weighted by molar-refractivity contribution is 7.80. The smallest absolute Gasteiger partial charge is 0.127 e. The van der Waals surface area contributed by atoms with Gasteiger partial charge in [-0.25, -0.2) is 4.99 Å². The number of hydrogen-bond acceptors (Lipinski definition) is 3. The van der Waals surface area contributed by atoms with Gasteiger partial charge in [-0.1, -0.05) is 24.3 Å². The third-order valence-corrected chi connectivity index (χ3v) is 2.17. The normalized spacial score (nSPS) is 21.2. The lowest BCUT2D eigenvalue weighted by Gasteiger charge is -1.99. The van der Waals surface area contributed by atoms with Gasteiger partial charge in [0.15, 0.2) is 0 Å². The molecule has 3 heteroatoms. The SMILES string of the molecule is NC1=NC(S)c2ccccc21. The van der Waals surface area contributed by atoms with Crippen LogP contribution in [0.1, 0.15) is 16.5 Å². The van der Waals surface area contributed by atoms with Gasteiger partial charge in [-0.05, 0) is 5.56 Å². The zero-order chi connectivity index (χ0) is 7.84. The minimum atomic E-state index is -0.0637. The van der Waals surface area contributed by atoms with E-state index in [1.165, 1.54) is 0 Å². The monoisotopic (exact) mass is 164 g/mol. The number of benzene rings is 1. The molecule has 0 aliphatic carbocycles. The lowest BCUT2D eigenvalue weighted by Crippen LogP contribution is -2.09. The molecule has 0 fully saturated rings. The molecule has 0 amide bonds. The van der Waals surface area contributed by atoms with E-state index in [-0.39, 0.29) is 5.37 Å². The molecule has 1 aliphatic rings. The zero-order valence-electron chi connectivity index (χ0n) is 5.86. The van der Waals surface area contributed by atoms with Gasteiger partial charge >= 0.3 is 0 Å². The largest absolute Gasteiger partial charge is 0.383 e. The highest BCUT2D eigenvalue weighted by Crippen LogP contribution is 2.30. The first-order valence-electron chi connectivity index (χ1n) is 3.39. The molecule has 1 atom stereocenters. The molecular weight excluding hydrogens is 156 g/mol. The Morgan fingerprint density at radius 1 is 1.36 bits per heavy atom. The third-order valence-electron chi connectivity index (χ3n) is 1.78. The molecule has 2 N–H and O–H groups in total. The fraction of sp³-hybridized carbons (Fsp3) is 0.125. The fourth-order valence-electron chi connectivity index (χ4n) is 1.23. The van der Waals surface area contributed by atoms with Crippen molar-refractivity contribution in [2.24, 2.45) is 10.7 Å². The van der Waals surface area contributed by atoms with Gasteiger partial charge in [0.2, 0.25) is 0 Å². The van der Waals surface area contributed by atoms with Crippen molar-refractivity contribution >= 4 is 18.5 Å². The van der Waals surface area contributed by atoms with E-state index >= 15 is 0 Å². The third kappa shape index (κ3) is 0.922. The van der Waals surface area contributed by atoms with Crippen molar-refractivity contribution in [3.05, 3.63) is 35.4 Å². The molecular formula is C8H8N2S. The van der Waals surface area contributed by atoms with E-state index in [2.05, 4.69) is 17.6 Å². The molecule has 1 heterocycles. The second-order valence-electron chi connectivity index (χ2n) is 2.48. The minimum absolute atomic E-state index is 0.0637. The van der Waals surface area contributed by atoms with Gasteiger partial charge in [0.05, 0.1) is 0 Å². The molecule has 56 valence electrons. The predicted molar refractivity (Wildman–Crippen MR) is 48.9 cm³/mol. The van der Waals surface area contributed by atoms with Crippen LogP contribution in [-0.4, -0.2) is 5.84 Å². The predicted octanol–water partition coefficient (Wildman–Crippen LogP) is 1.33. The first-order valence-corrected chi connectivity index (χ1v) is 3.91. The van der Waals surface area contributed by atoms with Gasteiger partial charge in [0, 0.05) is 5.56 Å². The second-order valence-corrected chi connectivity index (χ2v) is 2.96. The van der Waals surface area contributed by atoms with Gasteiger partial charge in [-0.15, -0.1) is 12.6 Å². The highest BCUT2D eigenvalue weighted by Gasteiger charge is 2.18. The van der Waals surface area contributed by atoms with E-state index in [0.717, 1.165) is 11.1 Å². The number of hydrogen-bond donors (Lipinski definition) is 2. The van der Waals surface area contributed by atoms with Crippen molar-refractivity contribution < 1.29 is 0 Å². The molecule has 11 heavy (non-hydrogen) atoms. The summed E-state index contributed by atoms with van der Waals surface area (Å²) in [6.45, 7) is 0. The number of amidine groups is 1. The van der Waals surface area contributed by atoms with Crippen LogP contribution in [0.15, 0.2) is 29.3 Å². The topological polar surface area (TPSA) is 38.4 Å². The molecule has 0 spiro atoms. The maximum absolute atomic E-state index is 5.64. The molecule has 0 aromatic heterocycles. The standard InChI is InChI=1S/C8H8N2S/c9-7-5-3-1-2-4-6(5)8(11)10-7/h1-4,8,11H,(H2,9,10). The van der Waals surface area contributed by atoms with Crippen molar-refractivity contribution in [2.75, 3.05) is 0 Å². The number of aliphatic imine (C=N–C) groups is 1. The zero-order valence-corrected chi connectivity index (χ0v) is 6.75. The van der Waals surface area contributed by atoms with Crippen molar-refractivity contribution in [3.8, 4) is 0 Å². The van der Waals surface area contributed by atoms with Crippen LogP contribution in [-0.2, 0) is 0 Å². The molecule has 1 aromatic rings. The van der Waals surface area contributed by atoms with Crippen LogP contribution in [0, 0.1) is 0 Å². The lowest BCUT2D eigenvalue weighted by molar-refractivity contribution is 1.08. The Labute approximate surface area is 70.5 Å². The van der Waals surface area contributed by atoms with E-state index in [9.17, 15) is 0 Å². The van der Waals surface area contributed by atoms with E-state index < -0.39 is 0 Å². The van der Waals surface area contributed by atoms with Crippen LogP contribution in [0.3, 0.4) is 0 Å². The van der Waals surface area contributed by atoms with Crippen molar-refractivity contribution in [1.82, 2.24) is 0 Å². The summed E-state index contributed by atoms with van der Waals surface area (Å²) in [4.78, 5) is 4.12. The van der Waals surface area contributed by atoms with Gasteiger partial charge in [-0.2, -0.15) is 0 Å². The lowest BCUT2D eigenvalue weighted by atomic mass is 10.1. The van der Waals surface area contributed by atoms with Crippen LogP contribution in [0.4, 0.5) is 0 Å². The molecule has 0 saturated heterocycles. The molecule has 1 aromatic carbocycles. The van der Waals surface area contributed by atoms with Crippen molar-refractivity contribution in [1.29, 1.82) is 0 Å². The Balaban J connectivity index is 2.62. The average Bonchev–Trinajstić information content (AvgIpc) is 2.30. The molecule has 2 rings (SSSR count). The summed E-state index contributed by atoms with van der Waals surface area (Å²) < 4.78 is 0. The van der Waals surface area contributed by atoms with Crippen LogP contribution in [0.2, 0.25) is 0 Å². The summed E-state index contributed by atoms with van der Waals surface area (Å²) in [5.74, 6) is 0.598. The molecule has 1 aliphatic heterocycles. The maximum atomic E-state index is 5.64. The first-order chi connectivity index (χ1) is 5.29. The summed E-state index contributed by atoms with van der Waals surface area (Å²) in [7, 11) is 0. The number of fused-ring (bicyclic) bond motifs is 1. The summed E-state index contributed by atoms with van der Waals surface area (Å²) in [5, 5.41) is -0.0637. The van der Waals surface area contributed by atoms with E-state index in [4.69, 9.17) is 5.73 Å². The van der Waals surface area contributed by atoms with E-state index in [1.54, 1.807) is 0 Å².